The van der Waals surface area contributed by atoms with Gasteiger partial charge in [-0.1, -0.05) is 0 Å². The van der Waals surface area contributed by atoms with Gasteiger partial charge in [-0.2, -0.15) is 4.98 Å². The normalized spacial score (nSPS) is 16.0. The highest BCUT2D eigenvalue weighted by Gasteiger charge is 2.33. The first-order valence-corrected chi connectivity index (χ1v) is 10.7. The fourth-order valence-corrected chi connectivity index (χ4v) is 3.65. The van der Waals surface area contributed by atoms with E-state index in [0.29, 0.717) is 41.1 Å². The molecule has 1 saturated heterocycles. The highest BCUT2D eigenvalue weighted by Crippen LogP contribution is 2.30. The molecular weight excluding hydrogens is 426 g/mol. The van der Waals surface area contributed by atoms with Crippen molar-refractivity contribution in [1.82, 2.24) is 24.9 Å². The fraction of sp³-hybridized carbons (Fsp3) is 0.455. The SMILES string of the molecule is COc1ccc(Nc2cc(N(C(=O)OC(C)(C)C)C3CCNC3)nn3ccnc23)nc1OC. The van der Waals surface area contributed by atoms with Crippen LogP contribution in [0.25, 0.3) is 5.65 Å². The molecule has 0 bridgehead atoms. The minimum absolute atomic E-state index is 0.0830. The molecule has 0 aromatic carbocycles. The van der Waals surface area contributed by atoms with Gasteiger partial charge in [0.2, 0.25) is 0 Å². The molecule has 4 rings (SSSR count). The number of ether oxygens (including phenoxy) is 3. The first kappa shape index (κ1) is 22.6. The molecule has 0 spiro atoms. The number of nitrogens with zero attached hydrogens (tertiary/aromatic N) is 5. The number of carbonyl (C=O) groups is 1. The summed E-state index contributed by atoms with van der Waals surface area (Å²) >= 11 is 0. The molecule has 1 atom stereocenters. The zero-order chi connectivity index (χ0) is 23.6. The lowest BCUT2D eigenvalue weighted by molar-refractivity contribution is 0.0566. The molecule has 11 heteroatoms. The Balaban J connectivity index is 1.74. The molecule has 3 aromatic rings. The van der Waals surface area contributed by atoms with Crippen LogP contribution < -0.4 is 25.0 Å². The Labute approximate surface area is 192 Å². The van der Waals surface area contributed by atoms with Crippen molar-refractivity contribution in [2.24, 2.45) is 0 Å². The van der Waals surface area contributed by atoms with Crippen molar-refractivity contribution >= 4 is 29.1 Å². The van der Waals surface area contributed by atoms with Crippen LogP contribution in [0.1, 0.15) is 27.2 Å². The molecule has 0 aliphatic carbocycles. The number of nitrogens with one attached hydrogen (secondary N) is 2. The van der Waals surface area contributed by atoms with E-state index in [-0.39, 0.29) is 6.04 Å². The van der Waals surface area contributed by atoms with Crippen molar-refractivity contribution in [2.75, 3.05) is 37.5 Å². The standard InChI is InChI=1S/C22H29N7O4/c1-22(2,3)33-21(30)29(14-8-9-23-13-14)18-12-15(19-24-10-11-28(19)27-18)25-17-7-6-16(31-4)20(26-17)32-5/h6-7,10-12,14,23H,8-9,13H2,1-5H3,(H,25,26). The van der Waals surface area contributed by atoms with Gasteiger partial charge in [0.15, 0.2) is 17.2 Å². The molecule has 0 radical (unpaired) electrons. The first-order chi connectivity index (χ1) is 15.8. The number of hydrogen-bond acceptors (Lipinski definition) is 9. The van der Waals surface area contributed by atoms with Crippen molar-refractivity contribution in [1.29, 1.82) is 0 Å². The first-order valence-electron chi connectivity index (χ1n) is 10.7. The van der Waals surface area contributed by atoms with E-state index >= 15 is 0 Å². The van der Waals surface area contributed by atoms with Crippen molar-refractivity contribution in [3.8, 4) is 11.6 Å². The van der Waals surface area contributed by atoms with E-state index in [1.807, 2.05) is 20.8 Å². The zero-order valence-corrected chi connectivity index (χ0v) is 19.5. The van der Waals surface area contributed by atoms with Gasteiger partial charge in [-0.25, -0.2) is 14.3 Å². The Morgan fingerprint density at radius 1 is 1.27 bits per heavy atom. The largest absolute Gasteiger partial charge is 0.491 e. The lowest BCUT2D eigenvalue weighted by Gasteiger charge is -2.30. The molecule has 1 aliphatic rings. The number of anilines is 3. The van der Waals surface area contributed by atoms with Crippen LogP contribution in [0.15, 0.2) is 30.6 Å². The number of imidazole rings is 1. The molecule has 1 amide bonds. The smallest absolute Gasteiger partial charge is 0.416 e. The van der Waals surface area contributed by atoms with E-state index < -0.39 is 11.7 Å². The predicted molar refractivity (Wildman–Crippen MR) is 124 cm³/mol. The number of aromatic nitrogens is 4. The molecule has 2 N–H and O–H groups in total. The van der Waals surface area contributed by atoms with Crippen molar-refractivity contribution in [3.05, 3.63) is 30.6 Å². The minimum Gasteiger partial charge on any atom is -0.491 e. The van der Waals surface area contributed by atoms with Crippen LogP contribution in [0.2, 0.25) is 0 Å². The molecule has 3 aromatic heterocycles. The summed E-state index contributed by atoms with van der Waals surface area (Å²) in [6.45, 7) is 7.01. The summed E-state index contributed by atoms with van der Waals surface area (Å²) in [6, 6.07) is 5.23. The third-order valence-corrected chi connectivity index (χ3v) is 5.08. The molecule has 0 saturated carbocycles. The van der Waals surface area contributed by atoms with Crippen molar-refractivity contribution in [2.45, 2.75) is 38.8 Å². The van der Waals surface area contributed by atoms with Crippen LogP contribution in [-0.2, 0) is 4.74 Å². The number of fused-ring (bicyclic) bond motifs is 1. The second-order valence-corrected chi connectivity index (χ2v) is 8.64. The highest BCUT2D eigenvalue weighted by atomic mass is 16.6. The predicted octanol–water partition coefficient (Wildman–Crippen LogP) is 2.99. The molecule has 4 heterocycles. The molecule has 1 unspecified atom stereocenters. The zero-order valence-electron chi connectivity index (χ0n) is 19.5. The van der Waals surface area contributed by atoms with Gasteiger partial charge in [-0.05, 0) is 45.9 Å². The van der Waals surface area contributed by atoms with E-state index in [1.165, 1.54) is 7.11 Å². The van der Waals surface area contributed by atoms with Crippen LogP contribution in [0.4, 0.5) is 22.1 Å². The molecule has 11 nitrogen and oxygen atoms in total. The summed E-state index contributed by atoms with van der Waals surface area (Å²) in [5, 5.41) is 11.2. The summed E-state index contributed by atoms with van der Waals surface area (Å²) in [5.74, 6) is 1.85. The Bertz CT molecular complexity index is 1140. The lowest BCUT2D eigenvalue weighted by Crippen LogP contribution is -2.45. The van der Waals surface area contributed by atoms with Crippen LogP contribution >= 0.6 is 0 Å². The maximum Gasteiger partial charge on any atom is 0.416 e. The second kappa shape index (κ2) is 9.10. The number of hydrogen-bond donors (Lipinski definition) is 2. The highest BCUT2D eigenvalue weighted by molar-refractivity contribution is 5.89. The fourth-order valence-electron chi connectivity index (χ4n) is 3.65. The maximum atomic E-state index is 13.2. The van der Waals surface area contributed by atoms with Crippen LogP contribution in [0, 0.1) is 0 Å². The molecule has 1 fully saturated rings. The summed E-state index contributed by atoms with van der Waals surface area (Å²) in [7, 11) is 3.08. The third-order valence-electron chi connectivity index (χ3n) is 5.08. The van der Waals surface area contributed by atoms with Gasteiger partial charge in [0.05, 0.1) is 25.9 Å². The van der Waals surface area contributed by atoms with Crippen LogP contribution in [0.3, 0.4) is 0 Å². The summed E-state index contributed by atoms with van der Waals surface area (Å²) in [6.07, 6.45) is 3.72. The summed E-state index contributed by atoms with van der Waals surface area (Å²) < 4.78 is 17.9. The van der Waals surface area contributed by atoms with E-state index in [4.69, 9.17) is 14.2 Å². The number of pyridine rings is 1. The van der Waals surface area contributed by atoms with E-state index in [0.717, 1.165) is 13.0 Å². The molecular formula is C22H29N7O4. The van der Waals surface area contributed by atoms with Gasteiger partial charge in [-0.15, -0.1) is 5.10 Å². The monoisotopic (exact) mass is 455 g/mol. The summed E-state index contributed by atoms with van der Waals surface area (Å²) in [4.78, 5) is 23.7. The van der Waals surface area contributed by atoms with Gasteiger partial charge in [0, 0.05) is 25.0 Å². The van der Waals surface area contributed by atoms with Gasteiger partial charge in [0.25, 0.3) is 5.88 Å². The minimum atomic E-state index is -0.634. The lowest BCUT2D eigenvalue weighted by atomic mass is 10.2. The van der Waals surface area contributed by atoms with Gasteiger partial charge in [-0.3, -0.25) is 4.90 Å². The van der Waals surface area contributed by atoms with Crippen LogP contribution in [0.5, 0.6) is 11.6 Å². The Morgan fingerprint density at radius 3 is 2.76 bits per heavy atom. The average molecular weight is 456 g/mol. The Kier molecular flexibility index (Phi) is 6.23. The van der Waals surface area contributed by atoms with Gasteiger partial charge in [0.1, 0.15) is 11.4 Å². The van der Waals surface area contributed by atoms with Crippen molar-refractivity contribution in [3.63, 3.8) is 0 Å². The average Bonchev–Trinajstić information content (AvgIpc) is 3.45. The second-order valence-electron chi connectivity index (χ2n) is 8.64. The maximum absolute atomic E-state index is 13.2. The third kappa shape index (κ3) is 4.92. The molecule has 176 valence electrons. The molecule has 1 aliphatic heterocycles. The van der Waals surface area contributed by atoms with Gasteiger partial charge < -0.3 is 24.8 Å². The van der Waals surface area contributed by atoms with Crippen LogP contribution in [-0.4, -0.2) is 64.6 Å². The number of methoxy groups -OCH3 is 2. The van der Waals surface area contributed by atoms with E-state index in [1.54, 1.807) is 47.1 Å². The van der Waals surface area contributed by atoms with Crippen molar-refractivity contribution < 1.29 is 19.0 Å². The Morgan fingerprint density at radius 2 is 2.09 bits per heavy atom. The number of amides is 1. The summed E-state index contributed by atoms with van der Waals surface area (Å²) in [5.41, 5.74) is 0.582. The number of carbonyl (C=O) groups excluding carboxylic acids is 1. The quantitative estimate of drug-likeness (QED) is 0.579. The molecule has 33 heavy (non-hydrogen) atoms. The van der Waals surface area contributed by atoms with E-state index in [2.05, 4.69) is 25.7 Å². The van der Waals surface area contributed by atoms with Gasteiger partial charge >= 0.3 is 6.09 Å². The Hall–Kier alpha value is -3.60. The number of rotatable bonds is 6. The van der Waals surface area contributed by atoms with E-state index in [9.17, 15) is 4.79 Å². The topological polar surface area (TPSA) is 115 Å².